The normalized spacial score (nSPS) is 10.8. The van der Waals surface area contributed by atoms with Gasteiger partial charge in [-0.1, -0.05) is 24.3 Å². The number of carboxylic acids is 2. The number of benzene rings is 3. The molecular formula is C26H18O8. The van der Waals surface area contributed by atoms with Gasteiger partial charge in [-0.25, -0.2) is 19.2 Å². The lowest BCUT2D eigenvalue weighted by Gasteiger charge is -2.07. The van der Waals surface area contributed by atoms with Crippen molar-refractivity contribution < 1.29 is 38.9 Å². The summed E-state index contributed by atoms with van der Waals surface area (Å²) < 4.78 is 10.6. The summed E-state index contributed by atoms with van der Waals surface area (Å²) in [7, 11) is 0. The number of rotatable bonds is 8. The highest BCUT2D eigenvalue weighted by Crippen LogP contribution is 2.18. The molecule has 0 heterocycles. The van der Waals surface area contributed by atoms with Crippen LogP contribution < -0.4 is 9.47 Å². The molecule has 34 heavy (non-hydrogen) atoms. The summed E-state index contributed by atoms with van der Waals surface area (Å²) >= 11 is 0. The largest absolute Gasteiger partial charge is 0.478 e. The van der Waals surface area contributed by atoms with Gasteiger partial charge in [-0.15, -0.1) is 0 Å². The van der Waals surface area contributed by atoms with Crippen molar-refractivity contribution in [3.8, 4) is 11.5 Å². The molecule has 2 N–H and O–H groups in total. The molecule has 8 heteroatoms. The fourth-order valence-corrected chi connectivity index (χ4v) is 2.70. The average molecular weight is 458 g/mol. The average Bonchev–Trinajstić information content (AvgIpc) is 2.83. The minimum Gasteiger partial charge on any atom is -0.478 e. The molecule has 0 spiro atoms. The molecule has 0 atom stereocenters. The van der Waals surface area contributed by atoms with Crippen molar-refractivity contribution in [2.75, 3.05) is 0 Å². The van der Waals surface area contributed by atoms with Gasteiger partial charge in [0.15, 0.2) is 0 Å². The Morgan fingerprint density at radius 1 is 0.529 bits per heavy atom. The monoisotopic (exact) mass is 458 g/mol. The van der Waals surface area contributed by atoms with Crippen molar-refractivity contribution in [3.05, 3.63) is 107 Å². The summed E-state index contributed by atoms with van der Waals surface area (Å²) in [6.07, 6.45) is 4.83. The van der Waals surface area contributed by atoms with Gasteiger partial charge in [-0.2, -0.15) is 0 Å². The van der Waals surface area contributed by atoms with Crippen LogP contribution in [-0.2, 0) is 9.59 Å². The number of carbonyl (C=O) groups is 4. The van der Waals surface area contributed by atoms with Crippen LogP contribution in [0.1, 0.15) is 31.8 Å². The Balaban J connectivity index is 1.58. The molecule has 8 nitrogen and oxygen atoms in total. The standard InChI is InChI=1S/C26H18O8/c27-23(28)15-5-17-1-11-21(12-2-17)33-25(31)19-7-9-20(10-8-19)26(32)34-22-13-3-18(4-14-22)6-16-24(29)30/h1-16H,(H,27,28)(H,29,30)/b15-5+,16-6+. The molecule has 3 rings (SSSR count). The van der Waals surface area contributed by atoms with Crippen LogP contribution in [0.3, 0.4) is 0 Å². The SMILES string of the molecule is O=C(O)/C=C/c1ccc(OC(=O)c2ccc(C(=O)Oc3ccc(/C=C/C(=O)O)cc3)cc2)cc1. The zero-order valence-corrected chi connectivity index (χ0v) is 17.6. The Morgan fingerprint density at radius 2 is 0.853 bits per heavy atom. The lowest BCUT2D eigenvalue weighted by atomic mass is 10.1. The van der Waals surface area contributed by atoms with Gasteiger partial charge in [0.05, 0.1) is 11.1 Å². The number of carbonyl (C=O) groups excluding carboxylic acids is 2. The van der Waals surface area contributed by atoms with Crippen LogP contribution >= 0.6 is 0 Å². The molecule has 0 saturated carbocycles. The van der Waals surface area contributed by atoms with Crippen LogP contribution in [0.4, 0.5) is 0 Å². The van der Waals surface area contributed by atoms with Crippen molar-refractivity contribution in [2.45, 2.75) is 0 Å². The molecule has 0 unspecified atom stereocenters. The Hall–Kier alpha value is -4.98. The van der Waals surface area contributed by atoms with E-state index in [0.29, 0.717) is 11.1 Å². The molecule has 0 bridgehead atoms. The molecule has 170 valence electrons. The van der Waals surface area contributed by atoms with Crippen LogP contribution in [0.5, 0.6) is 11.5 Å². The van der Waals surface area contributed by atoms with E-state index in [1.807, 2.05) is 0 Å². The van der Waals surface area contributed by atoms with Gasteiger partial charge >= 0.3 is 23.9 Å². The number of ether oxygens (including phenoxy) is 2. The maximum atomic E-state index is 12.3. The second kappa shape index (κ2) is 11.1. The Morgan fingerprint density at radius 3 is 1.15 bits per heavy atom. The van der Waals surface area contributed by atoms with Gasteiger partial charge in [0.25, 0.3) is 0 Å². The summed E-state index contributed by atoms with van der Waals surface area (Å²) in [5, 5.41) is 17.3. The first-order valence-corrected chi connectivity index (χ1v) is 9.87. The first-order valence-electron chi connectivity index (χ1n) is 9.87. The summed E-state index contributed by atoms with van der Waals surface area (Å²) in [5.41, 5.74) is 1.72. The molecular weight excluding hydrogens is 440 g/mol. The van der Waals surface area contributed by atoms with E-state index >= 15 is 0 Å². The summed E-state index contributed by atoms with van der Waals surface area (Å²) in [5.74, 6) is -2.82. The fraction of sp³-hybridized carbons (Fsp3) is 0. The second-order valence-electron chi connectivity index (χ2n) is 6.84. The maximum Gasteiger partial charge on any atom is 0.343 e. The maximum absolute atomic E-state index is 12.3. The van der Waals surface area contributed by atoms with E-state index in [-0.39, 0.29) is 22.6 Å². The molecule has 0 amide bonds. The van der Waals surface area contributed by atoms with E-state index in [2.05, 4.69) is 0 Å². The van der Waals surface area contributed by atoms with E-state index in [0.717, 1.165) is 12.2 Å². The number of hydrogen-bond donors (Lipinski definition) is 2. The second-order valence-corrected chi connectivity index (χ2v) is 6.84. The quantitative estimate of drug-likeness (QED) is 0.290. The first kappa shape index (κ1) is 23.7. The zero-order chi connectivity index (χ0) is 24.5. The Kier molecular flexibility index (Phi) is 7.70. The van der Waals surface area contributed by atoms with Crippen molar-refractivity contribution in [2.24, 2.45) is 0 Å². The highest BCUT2D eigenvalue weighted by Gasteiger charge is 2.12. The van der Waals surface area contributed by atoms with Crippen LogP contribution in [-0.4, -0.2) is 34.1 Å². The van der Waals surface area contributed by atoms with Crippen LogP contribution in [0.25, 0.3) is 12.2 Å². The van der Waals surface area contributed by atoms with E-state index in [4.69, 9.17) is 19.7 Å². The Labute approximate surface area is 194 Å². The summed E-state index contributed by atoms with van der Waals surface area (Å²) in [4.78, 5) is 45.8. The molecule has 0 radical (unpaired) electrons. The minimum absolute atomic E-state index is 0.223. The van der Waals surface area contributed by atoms with E-state index in [9.17, 15) is 19.2 Å². The molecule has 0 aliphatic heterocycles. The van der Waals surface area contributed by atoms with E-state index in [1.54, 1.807) is 24.3 Å². The van der Waals surface area contributed by atoms with Crippen LogP contribution in [0.15, 0.2) is 84.9 Å². The smallest absolute Gasteiger partial charge is 0.343 e. The lowest BCUT2D eigenvalue weighted by molar-refractivity contribution is -0.132. The predicted octanol–water partition coefficient (Wildman–Crippen LogP) is 4.32. The van der Waals surface area contributed by atoms with Crippen molar-refractivity contribution in [1.82, 2.24) is 0 Å². The van der Waals surface area contributed by atoms with Crippen LogP contribution in [0, 0.1) is 0 Å². The topological polar surface area (TPSA) is 127 Å². The minimum atomic E-state index is -1.06. The first-order chi connectivity index (χ1) is 16.3. The fourth-order valence-electron chi connectivity index (χ4n) is 2.70. The molecule has 0 fully saturated rings. The van der Waals surface area contributed by atoms with Crippen molar-refractivity contribution in [1.29, 1.82) is 0 Å². The van der Waals surface area contributed by atoms with E-state index in [1.165, 1.54) is 60.7 Å². The van der Waals surface area contributed by atoms with Crippen LogP contribution in [0.2, 0.25) is 0 Å². The third kappa shape index (κ3) is 7.03. The number of carboxylic acid groups (broad SMARTS) is 2. The molecule has 3 aromatic rings. The van der Waals surface area contributed by atoms with Gasteiger partial charge in [0.1, 0.15) is 11.5 Å². The number of hydrogen-bond acceptors (Lipinski definition) is 6. The van der Waals surface area contributed by atoms with Gasteiger partial charge in [0.2, 0.25) is 0 Å². The third-order valence-electron chi connectivity index (χ3n) is 4.37. The van der Waals surface area contributed by atoms with Gasteiger partial charge in [-0.05, 0) is 71.8 Å². The number of aliphatic carboxylic acids is 2. The molecule has 0 aromatic heterocycles. The Bertz CT molecular complexity index is 1150. The summed E-state index contributed by atoms with van der Waals surface area (Å²) in [6.45, 7) is 0. The highest BCUT2D eigenvalue weighted by molar-refractivity contribution is 5.95. The molecule has 3 aromatic carbocycles. The van der Waals surface area contributed by atoms with E-state index < -0.39 is 23.9 Å². The molecule has 0 aliphatic carbocycles. The van der Waals surface area contributed by atoms with Gasteiger partial charge in [0, 0.05) is 12.2 Å². The summed E-state index contributed by atoms with van der Waals surface area (Å²) in [6, 6.07) is 18.3. The highest BCUT2D eigenvalue weighted by atomic mass is 16.5. The third-order valence-corrected chi connectivity index (χ3v) is 4.37. The van der Waals surface area contributed by atoms with Crippen molar-refractivity contribution >= 4 is 36.0 Å². The molecule has 0 aliphatic rings. The zero-order valence-electron chi connectivity index (χ0n) is 17.6. The van der Waals surface area contributed by atoms with Crippen molar-refractivity contribution in [3.63, 3.8) is 0 Å². The number of esters is 2. The van der Waals surface area contributed by atoms with Gasteiger partial charge in [-0.3, -0.25) is 0 Å². The van der Waals surface area contributed by atoms with Gasteiger partial charge < -0.3 is 19.7 Å². The predicted molar refractivity (Wildman–Crippen MR) is 123 cm³/mol. The molecule has 0 saturated heterocycles. The lowest BCUT2D eigenvalue weighted by Crippen LogP contribution is -2.11.